The van der Waals surface area contributed by atoms with Crippen LogP contribution >= 0.6 is 0 Å². The van der Waals surface area contributed by atoms with Gasteiger partial charge in [-0.05, 0) is 38.3 Å². The Morgan fingerprint density at radius 2 is 2.19 bits per heavy atom. The van der Waals surface area contributed by atoms with Gasteiger partial charge >= 0.3 is 0 Å². The third-order valence-corrected chi connectivity index (χ3v) is 4.68. The van der Waals surface area contributed by atoms with Gasteiger partial charge in [0.05, 0.1) is 25.9 Å². The van der Waals surface area contributed by atoms with Gasteiger partial charge < -0.3 is 24.8 Å². The molecule has 2 fully saturated rings. The lowest BCUT2D eigenvalue weighted by Gasteiger charge is -2.17. The van der Waals surface area contributed by atoms with E-state index in [2.05, 4.69) is 42.7 Å². The smallest absolute Gasteiger partial charge is 0.191 e. The van der Waals surface area contributed by atoms with Crippen molar-refractivity contribution in [2.24, 2.45) is 4.99 Å². The van der Waals surface area contributed by atoms with Crippen LogP contribution in [-0.2, 0) is 16.0 Å². The van der Waals surface area contributed by atoms with Gasteiger partial charge in [0, 0.05) is 31.7 Å². The van der Waals surface area contributed by atoms with Gasteiger partial charge in [-0.25, -0.2) is 4.99 Å². The Kier molecular flexibility index (Phi) is 7.14. The van der Waals surface area contributed by atoms with Gasteiger partial charge in [0.15, 0.2) is 5.96 Å². The number of rotatable bonds is 7. The van der Waals surface area contributed by atoms with E-state index in [1.807, 2.05) is 0 Å². The molecule has 0 aromatic heterocycles. The molecule has 2 aliphatic rings. The summed E-state index contributed by atoms with van der Waals surface area (Å²) in [5.41, 5.74) is 2.28. The quantitative estimate of drug-likeness (QED) is 0.577. The summed E-state index contributed by atoms with van der Waals surface area (Å²) in [4.78, 5) is 4.74. The highest BCUT2D eigenvalue weighted by Gasteiger charge is 2.19. The zero-order valence-corrected chi connectivity index (χ0v) is 15.9. The number of aliphatic imine (C=N–C) groups is 1. The Hall–Kier alpha value is -1.79. The Balaban J connectivity index is 1.63. The maximum atomic E-state index is 6.17. The minimum absolute atomic E-state index is 0.144. The van der Waals surface area contributed by atoms with Gasteiger partial charge in [-0.1, -0.05) is 12.1 Å². The van der Waals surface area contributed by atoms with Crippen LogP contribution in [-0.4, -0.2) is 51.1 Å². The highest BCUT2D eigenvalue weighted by Crippen LogP contribution is 2.24. The molecule has 2 saturated heterocycles. The van der Waals surface area contributed by atoms with Crippen molar-refractivity contribution in [1.82, 2.24) is 10.6 Å². The molecule has 2 atom stereocenters. The lowest BCUT2D eigenvalue weighted by Crippen LogP contribution is -2.41. The molecule has 2 aliphatic heterocycles. The molecule has 2 N–H and O–H groups in total. The van der Waals surface area contributed by atoms with Gasteiger partial charge in [0.2, 0.25) is 0 Å². The Bertz CT molecular complexity index is 594. The largest absolute Gasteiger partial charge is 0.488 e. The number of hydrogen-bond acceptors (Lipinski definition) is 4. The third-order valence-electron chi connectivity index (χ3n) is 4.68. The predicted octanol–water partition coefficient (Wildman–Crippen LogP) is 2.40. The van der Waals surface area contributed by atoms with E-state index in [1.165, 1.54) is 5.56 Å². The van der Waals surface area contributed by atoms with Crippen LogP contribution in [0, 0.1) is 6.92 Å². The number of aryl methyl sites for hydroxylation is 1. The van der Waals surface area contributed by atoms with Gasteiger partial charge in [0.1, 0.15) is 11.9 Å². The van der Waals surface area contributed by atoms with Crippen molar-refractivity contribution in [2.75, 3.05) is 32.9 Å². The number of nitrogens with one attached hydrogen (secondary N) is 2. The van der Waals surface area contributed by atoms with Crippen molar-refractivity contribution in [3.8, 4) is 5.75 Å². The molecule has 0 saturated carbocycles. The summed E-state index contributed by atoms with van der Waals surface area (Å²) < 4.78 is 17.3. The fourth-order valence-corrected chi connectivity index (χ4v) is 3.21. The molecule has 26 heavy (non-hydrogen) atoms. The van der Waals surface area contributed by atoms with E-state index in [0.717, 1.165) is 62.8 Å². The van der Waals surface area contributed by atoms with Crippen LogP contribution in [0.4, 0.5) is 0 Å². The molecule has 1 aromatic rings. The van der Waals surface area contributed by atoms with Crippen LogP contribution in [0.3, 0.4) is 0 Å². The molecule has 0 aliphatic carbocycles. The minimum Gasteiger partial charge on any atom is -0.488 e. The zero-order chi connectivity index (χ0) is 18.2. The molecule has 6 nitrogen and oxygen atoms in total. The standard InChI is InChI=1S/C20H31N3O3/c1-3-21-20(23-13-17-5-4-9-25-17)22-12-16-7-6-15(2)11-19(16)26-18-8-10-24-14-18/h6-7,11,17-18H,3-5,8-10,12-14H2,1-2H3,(H2,21,22,23). The molecule has 2 heterocycles. The highest BCUT2D eigenvalue weighted by molar-refractivity contribution is 5.79. The minimum atomic E-state index is 0.144. The molecule has 0 spiro atoms. The van der Waals surface area contributed by atoms with E-state index in [4.69, 9.17) is 19.2 Å². The first-order valence-corrected chi connectivity index (χ1v) is 9.72. The zero-order valence-electron chi connectivity index (χ0n) is 15.9. The summed E-state index contributed by atoms with van der Waals surface area (Å²) in [6.45, 7) is 8.67. The van der Waals surface area contributed by atoms with Crippen molar-refractivity contribution >= 4 is 5.96 Å². The van der Waals surface area contributed by atoms with Crippen molar-refractivity contribution in [1.29, 1.82) is 0 Å². The van der Waals surface area contributed by atoms with Crippen molar-refractivity contribution in [3.05, 3.63) is 29.3 Å². The van der Waals surface area contributed by atoms with E-state index in [0.29, 0.717) is 19.3 Å². The number of nitrogens with zero attached hydrogens (tertiary/aromatic N) is 1. The maximum Gasteiger partial charge on any atom is 0.191 e. The molecule has 0 amide bonds. The summed E-state index contributed by atoms with van der Waals surface area (Å²) in [6.07, 6.45) is 3.65. The molecule has 1 aromatic carbocycles. The van der Waals surface area contributed by atoms with Gasteiger partial charge in [-0.3, -0.25) is 0 Å². The third kappa shape index (κ3) is 5.61. The van der Waals surface area contributed by atoms with Crippen molar-refractivity contribution in [2.45, 2.75) is 51.9 Å². The summed E-state index contributed by atoms with van der Waals surface area (Å²) in [5, 5.41) is 6.69. The first kappa shape index (κ1) is 19.0. The predicted molar refractivity (Wildman–Crippen MR) is 103 cm³/mol. The Morgan fingerprint density at radius 1 is 1.27 bits per heavy atom. The van der Waals surface area contributed by atoms with E-state index in [9.17, 15) is 0 Å². The van der Waals surface area contributed by atoms with Crippen molar-refractivity contribution in [3.63, 3.8) is 0 Å². The normalized spacial score (nSPS) is 23.2. The van der Waals surface area contributed by atoms with E-state index in [1.54, 1.807) is 0 Å². The van der Waals surface area contributed by atoms with Gasteiger partial charge in [-0.15, -0.1) is 0 Å². The molecule has 0 radical (unpaired) electrons. The second kappa shape index (κ2) is 9.78. The second-order valence-electron chi connectivity index (χ2n) is 6.93. The van der Waals surface area contributed by atoms with Gasteiger partial charge in [-0.2, -0.15) is 0 Å². The average molecular weight is 361 g/mol. The summed E-state index contributed by atoms with van der Waals surface area (Å²) >= 11 is 0. The number of guanidine groups is 1. The Labute approximate surface area is 156 Å². The fourth-order valence-electron chi connectivity index (χ4n) is 3.21. The van der Waals surface area contributed by atoms with Crippen LogP contribution in [0.2, 0.25) is 0 Å². The monoisotopic (exact) mass is 361 g/mol. The van der Waals surface area contributed by atoms with Crippen LogP contribution in [0.15, 0.2) is 23.2 Å². The maximum absolute atomic E-state index is 6.17. The van der Waals surface area contributed by atoms with Gasteiger partial charge in [0.25, 0.3) is 0 Å². The molecular formula is C20H31N3O3. The lowest BCUT2D eigenvalue weighted by molar-refractivity contribution is 0.114. The summed E-state index contributed by atoms with van der Waals surface area (Å²) in [6, 6.07) is 6.30. The molecule has 6 heteroatoms. The fraction of sp³-hybridized carbons (Fsp3) is 0.650. The topological polar surface area (TPSA) is 64.1 Å². The lowest BCUT2D eigenvalue weighted by atomic mass is 10.1. The number of hydrogen-bond donors (Lipinski definition) is 2. The molecular weight excluding hydrogens is 330 g/mol. The van der Waals surface area contributed by atoms with E-state index >= 15 is 0 Å². The summed E-state index contributed by atoms with van der Waals surface area (Å²) in [7, 11) is 0. The van der Waals surface area contributed by atoms with Crippen LogP contribution in [0.25, 0.3) is 0 Å². The van der Waals surface area contributed by atoms with Crippen LogP contribution in [0.1, 0.15) is 37.3 Å². The average Bonchev–Trinajstić information content (AvgIpc) is 3.32. The van der Waals surface area contributed by atoms with Crippen molar-refractivity contribution < 1.29 is 14.2 Å². The number of ether oxygens (including phenoxy) is 3. The first-order chi connectivity index (χ1) is 12.7. The molecule has 2 unspecified atom stereocenters. The molecule has 3 rings (SSSR count). The van der Waals surface area contributed by atoms with Crippen LogP contribution in [0.5, 0.6) is 5.75 Å². The second-order valence-corrected chi connectivity index (χ2v) is 6.93. The van der Waals surface area contributed by atoms with Crippen LogP contribution < -0.4 is 15.4 Å². The molecule has 144 valence electrons. The highest BCUT2D eigenvalue weighted by atomic mass is 16.5. The Morgan fingerprint density at radius 3 is 2.92 bits per heavy atom. The first-order valence-electron chi connectivity index (χ1n) is 9.72. The van der Waals surface area contributed by atoms with E-state index < -0.39 is 0 Å². The molecule has 0 bridgehead atoms. The van der Waals surface area contributed by atoms with E-state index in [-0.39, 0.29) is 6.10 Å². The SMILES string of the molecule is CCNC(=NCc1ccc(C)cc1OC1CCOC1)NCC1CCCO1. The number of benzene rings is 1. The summed E-state index contributed by atoms with van der Waals surface area (Å²) in [5.74, 6) is 1.73.